The SMILES string of the molecule is CC(NC(=O)c1ccoc1)C(=O)NCCC(=O)N1CCCC1. The molecule has 7 heteroatoms. The molecule has 1 saturated heterocycles. The molecule has 0 spiro atoms. The standard InChI is InChI=1S/C15H21N3O4/c1-11(17-15(21)12-5-9-22-10-12)14(20)16-6-4-13(19)18-7-2-3-8-18/h5,9-11H,2-4,6-8H2,1H3,(H,16,20)(H,17,21). The molecular formula is C15H21N3O4. The number of hydrogen-bond donors (Lipinski definition) is 2. The molecule has 120 valence electrons. The second-order valence-corrected chi connectivity index (χ2v) is 5.34. The van der Waals surface area contributed by atoms with E-state index in [4.69, 9.17) is 4.42 Å². The van der Waals surface area contributed by atoms with Crippen molar-refractivity contribution in [3.63, 3.8) is 0 Å². The molecule has 2 N–H and O–H groups in total. The lowest BCUT2D eigenvalue weighted by molar-refractivity contribution is -0.130. The van der Waals surface area contributed by atoms with Gasteiger partial charge < -0.3 is 20.0 Å². The number of carbonyl (C=O) groups is 3. The second kappa shape index (κ2) is 7.63. The number of furan rings is 1. The summed E-state index contributed by atoms with van der Waals surface area (Å²) < 4.78 is 4.81. The Bertz CT molecular complexity index is 521. The van der Waals surface area contributed by atoms with E-state index < -0.39 is 6.04 Å². The number of amides is 3. The zero-order chi connectivity index (χ0) is 15.9. The predicted molar refractivity (Wildman–Crippen MR) is 79.1 cm³/mol. The third kappa shape index (κ3) is 4.34. The van der Waals surface area contributed by atoms with Gasteiger partial charge >= 0.3 is 0 Å². The Kier molecular flexibility index (Phi) is 5.57. The van der Waals surface area contributed by atoms with Crippen molar-refractivity contribution in [1.29, 1.82) is 0 Å². The molecule has 1 atom stereocenters. The third-order valence-corrected chi connectivity index (χ3v) is 3.62. The van der Waals surface area contributed by atoms with Gasteiger partial charge in [0.05, 0.1) is 11.8 Å². The number of likely N-dealkylation sites (tertiary alicyclic amines) is 1. The van der Waals surface area contributed by atoms with Gasteiger partial charge in [-0.1, -0.05) is 0 Å². The van der Waals surface area contributed by atoms with Crippen LogP contribution < -0.4 is 10.6 Å². The fourth-order valence-electron chi connectivity index (χ4n) is 2.31. The van der Waals surface area contributed by atoms with Crippen LogP contribution in [-0.4, -0.2) is 48.3 Å². The monoisotopic (exact) mass is 307 g/mol. The summed E-state index contributed by atoms with van der Waals surface area (Å²) in [5.74, 6) is -0.622. The van der Waals surface area contributed by atoms with Crippen LogP contribution in [0.25, 0.3) is 0 Å². The van der Waals surface area contributed by atoms with Gasteiger partial charge in [0.2, 0.25) is 11.8 Å². The Morgan fingerprint density at radius 2 is 2.05 bits per heavy atom. The molecule has 1 fully saturated rings. The van der Waals surface area contributed by atoms with Crippen LogP contribution >= 0.6 is 0 Å². The third-order valence-electron chi connectivity index (χ3n) is 3.62. The minimum absolute atomic E-state index is 0.0629. The first-order valence-corrected chi connectivity index (χ1v) is 7.46. The molecule has 2 rings (SSSR count). The lowest BCUT2D eigenvalue weighted by atomic mass is 10.2. The summed E-state index contributed by atoms with van der Waals surface area (Å²) in [7, 11) is 0. The van der Waals surface area contributed by atoms with Crippen molar-refractivity contribution in [1.82, 2.24) is 15.5 Å². The highest BCUT2D eigenvalue weighted by atomic mass is 16.3. The molecule has 0 saturated carbocycles. The molecule has 0 aliphatic carbocycles. The molecule has 1 aliphatic rings. The van der Waals surface area contributed by atoms with E-state index in [-0.39, 0.29) is 30.7 Å². The van der Waals surface area contributed by atoms with Crippen molar-refractivity contribution in [3.8, 4) is 0 Å². The van der Waals surface area contributed by atoms with Crippen molar-refractivity contribution in [2.75, 3.05) is 19.6 Å². The maximum absolute atomic E-state index is 11.9. The van der Waals surface area contributed by atoms with Gasteiger partial charge in [0, 0.05) is 26.1 Å². The Balaban J connectivity index is 1.67. The van der Waals surface area contributed by atoms with E-state index in [0.29, 0.717) is 5.56 Å². The zero-order valence-electron chi connectivity index (χ0n) is 12.6. The Labute approximate surface area is 129 Å². The van der Waals surface area contributed by atoms with E-state index in [2.05, 4.69) is 10.6 Å². The number of carbonyl (C=O) groups excluding carboxylic acids is 3. The van der Waals surface area contributed by atoms with Crippen molar-refractivity contribution < 1.29 is 18.8 Å². The van der Waals surface area contributed by atoms with Crippen LogP contribution in [0, 0.1) is 0 Å². The van der Waals surface area contributed by atoms with E-state index in [1.807, 2.05) is 4.90 Å². The van der Waals surface area contributed by atoms with Gasteiger partial charge in [-0.25, -0.2) is 0 Å². The summed E-state index contributed by atoms with van der Waals surface area (Å²) in [6.07, 6.45) is 5.09. The van der Waals surface area contributed by atoms with Crippen LogP contribution in [0.2, 0.25) is 0 Å². The van der Waals surface area contributed by atoms with Crippen molar-refractivity contribution in [2.24, 2.45) is 0 Å². The quantitative estimate of drug-likeness (QED) is 0.802. The minimum Gasteiger partial charge on any atom is -0.472 e. The van der Waals surface area contributed by atoms with Crippen LogP contribution in [0.3, 0.4) is 0 Å². The van der Waals surface area contributed by atoms with Gasteiger partial charge in [0.25, 0.3) is 5.91 Å². The van der Waals surface area contributed by atoms with E-state index in [1.165, 1.54) is 18.6 Å². The number of nitrogens with one attached hydrogen (secondary N) is 2. The van der Waals surface area contributed by atoms with Gasteiger partial charge in [0.1, 0.15) is 12.3 Å². The highest BCUT2D eigenvalue weighted by molar-refractivity contribution is 5.97. The molecule has 0 aromatic carbocycles. The molecule has 3 amide bonds. The van der Waals surface area contributed by atoms with Crippen molar-refractivity contribution in [3.05, 3.63) is 24.2 Å². The molecule has 0 bridgehead atoms. The molecule has 0 radical (unpaired) electrons. The predicted octanol–water partition coefficient (Wildman–Crippen LogP) is 0.527. The van der Waals surface area contributed by atoms with Gasteiger partial charge in [0.15, 0.2) is 0 Å². The Morgan fingerprint density at radius 1 is 1.32 bits per heavy atom. The molecule has 1 aromatic rings. The summed E-state index contributed by atoms with van der Waals surface area (Å²) in [4.78, 5) is 37.3. The van der Waals surface area contributed by atoms with Crippen LogP contribution in [-0.2, 0) is 9.59 Å². The second-order valence-electron chi connectivity index (χ2n) is 5.34. The van der Waals surface area contributed by atoms with Crippen LogP contribution in [0.4, 0.5) is 0 Å². The molecule has 2 heterocycles. The smallest absolute Gasteiger partial charge is 0.255 e. The molecule has 7 nitrogen and oxygen atoms in total. The first-order chi connectivity index (χ1) is 10.6. The van der Waals surface area contributed by atoms with Crippen LogP contribution in [0.15, 0.2) is 23.0 Å². The summed E-state index contributed by atoms with van der Waals surface area (Å²) in [6.45, 7) is 3.49. The first kappa shape index (κ1) is 16.1. The van der Waals surface area contributed by atoms with Gasteiger partial charge in [-0.05, 0) is 25.8 Å². The summed E-state index contributed by atoms with van der Waals surface area (Å²) in [6, 6.07) is 0.846. The molecule has 1 aromatic heterocycles. The van der Waals surface area contributed by atoms with Gasteiger partial charge in [-0.2, -0.15) is 0 Å². The van der Waals surface area contributed by atoms with Crippen LogP contribution in [0.5, 0.6) is 0 Å². The first-order valence-electron chi connectivity index (χ1n) is 7.46. The summed E-state index contributed by atoms with van der Waals surface area (Å²) in [5.41, 5.74) is 0.365. The average molecular weight is 307 g/mol. The van der Waals surface area contributed by atoms with Crippen LogP contribution in [0.1, 0.15) is 36.5 Å². The Hall–Kier alpha value is -2.31. The van der Waals surface area contributed by atoms with Gasteiger partial charge in [-0.3, -0.25) is 14.4 Å². The maximum atomic E-state index is 11.9. The fraction of sp³-hybridized carbons (Fsp3) is 0.533. The van der Waals surface area contributed by atoms with Gasteiger partial charge in [-0.15, -0.1) is 0 Å². The summed E-state index contributed by atoms with van der Waals surface area (Å²) in [5, 5.41) is 5.23. The van der Waals surface area contributed by atoms with E-state index in [1.54, 1.807) is 6.92 Å². The van der Waals surface area contributed by atoms with E-state index in [0.717, 1.165) is 25.9 Å². The van der Waals surface area contributed by atoms with E-state index >= 15 is 0 Å². The lowest BCUT2D eigenvalue weighted by Gasteiger charge is -2.16. The summed E-state index contributed by atoms with van der Waals surface area (Å²) >= 11 is 0. The maximum Gasteiger partial charge on any atom is 0.255 e. The molecule has 22 heavy (non-hydrogen) atoms. The topological polar surface area (TPSA) is 91.6 Å². The molecular weight excluding hydrogens is 286 g/mol. The zero-order valence-corrected chi connectivity index (χ0v) is 12.6. The number of hydrogen-bond acceptors (Lipinski definition) is 4. The van der Waals surface area contributed by atoms with Crippen molar-refractivity contribution >= 4 is 17.7 Å². The van der Waals surface area contributed by atoms with E-state index in [9.17, 15) is 14.4 Å². The highest BCUT2D eigenvalue weighted by Crippen LogP contribution is 2.08. The number of rotatable bonds is 6. The largest absolute Gasteiger partial charge is 0.472 e. The Morgan fingerprint density at radius 3 is 2.68 bits per heavy atom. The molecule has 1 unspecified atom stereocenters. The normalized spacial score (nSPS) is 15.4. The minimum atomic E-state index is -0.677. The molecule has 1 aliphatic heterocycles. The lowest BCUT2D eigenvalue weighted by Crippen LogP contribution is -2.45. The highest BCUT2D eigenvalue weighted by Gasteiger charge is 2.19. The fourth-order valence-corrected chi connectivity index (χ4v) is 2.31. The average Bonchev–Trinajstić information content (AvgIpc) is 3.19. The number of nitrogens with zero attached hydrogens (tertiary/aromatic N) is 1. The van der Waals surface area contributed by atoms with Crippen molar-refractivity contribution in [2.45, 2.75) is 32.2 Å².